The molecule has 0 N–H and O–H groups in total. The molecule has 2 heterocycles. The summed E-state index contributed by atoms with van der Waals surface area (Å²) >= 11 is 6.52. The van der Waals surface area contributed by atoms with Crippen molar-refractivity contribution in [3.8, 4) is 34.2 Å². The van der Waals surface area contributed by atoms with Crippen LogP contribution in [-0.4, -0.2) is 15.0 Å². The molecule has 0 atom stereocenters. The van der Waals surface area contributed by atoms with Gasteiger partial charge in [0, 0.05) is 32.5 Å². The van der Waals surface area contributed by atoms with Crippen molar-refractivity contribution >= 4 is 65.9 Å². The van der Waals surface area contributed by atoms with Crippen LogP contribution >= 0.6 is 11.6 Å². The monoisotopic (exact) mass is 583 g/mol. The third-order valence-electron chi connectivity index (χ3n) is 8.34. The van der Waals surface area contributed by atoms with Crippen molar-refractivity contribution in [1.82, 2.24) is 15.0 Å². The van der Waals surface area contributed by atoms with E-state index in [0.29, 0.717) is 22.5 Å². The summed E-state index contributed by atoms with van der Waals surface area (Å²) in [5.41, 5.74) is 4.29. The lowest BCUT2D eigenvalue weighted by atomic mass is 9.96. The maximum Gasteiger partial charge on any atom is 0.165 e. The lowest BCUT2D eigenvalue weighted by Crippen LogP contribution is -2.01. The fraction of sp³-hybridized carbons (Fsp3) is 0. The van der Waals surface area contributed by atoms with Gasteiger partial charge in [0.2, 0.25) is 0 Å². The quantitative estimate of drug-likeness (QED) is 0.194. The van der Waals surface area contributed by atoms with Crippen molar-refractivity contribution in [2.24, 2.45) is 0 Å². The van der Waals surface area contributed by atoms with Crippen molar-refractivity contribution in [2.75, 3.05) is 0 Å². The number of rotatable bonds is 3. The molecule has 0 unspecified atom stereocenters. The first kappa shape index (κ1) is 25.0. The summed E-state index contributed by atoms with van der Waals surface area (Å²) in [6.07, 6.45) is 0. The van der Waals surface area contributed by atoms with E-state index >= 15 is 0 Å². The van der Waals surface area contributed by atoms with Gasteiger partial charge in [-0.05, 0) is 62.6 Å². The van der Waals surface area contributed by atoms with Crippen molar-refractivity contribution in [3.63, 3.8) is 0 Å². The Kier molecular flexibility index (Phi) is 5.52. The van der Waals surface area contributed by atoms with Crippen LogP contribution in [0.15, 0.2) is 138 Å². The van der Waals surface area contributed by atoms with Gasteiger partial charge in [0.05, 0.1) is 0 Å². The molecular formula is C39H22ClN3O. The van der Waals surface area contributed by atoms with E-state index in [4.69, 9.17) is 31.0 Å². The van der Waals surface area contributed by atoms with E-state index in [1.165, 1.54) is 5.39 Å². The van der Waals surface area contributed by atoms with Crippen molar-refractivity contribution in [2.45, 2.75) is 0 Å². The summed E-state index contributed by atoms with van der Waals surface area (Å²) in [7, 11) is 0. The van der Waals surface area contributed by atoms with Crippen LogP contribution in [0.5, 0.6) is 0 Å². The van der Waals surface area contributed by atoms with Gasteiger partial charge in [-0.25, -0.2) is 15.0 Å². The number of halogens is 1. The lowest BCUT2D eigenvalue weighted by Gasteiger charge is -2.14. The second kappa shape index (κ2) is 9.73. The molecular weight excluding hydrogens is 562 g/mol. The zero-order valence-electron chi connectivity index (χ0n) is 23.3. The largest absolute Gasteiger partial charge is 0.456 e. The molecule has 5 heteroatoms. The molecule has 0 aliphatic heterocycles. The Morgan fingerprint density at radius 2 is 1.09 bits per heavy atom. The van der Waals surface area contributed by atoms with E-state index in [1.54, 1.807) is 0 Å². The van der Waals surface area contributed by atoms with Gasteiger partial charge in [-0.1, -0.05) is 115 Å². The highest BCUT2D eigenvalue weighted by molar-refractivity contribution is 6.32. The summed E-state index contributed by atoms with van der Waals surface area (Å²) in [6, 6.07) is 45.3. The highest BCUT2D eigenvalue weighted by Crippen LogP contribution is 2.42. The van der Waals surface area contributed by atoms with Gasteiger partial charge in [0.25, 0.3) is 0 Å². The molecule has 44 heavy (non-hydrogen) atoms. The molecule has 4 nitrogen and oxygen atoms in total. The summed E-state index contributed by atoms with van der Waals surface area (Å²) < 4.78 is 6.38. The first-order chi connectivity index (χ1) is 21.7. The van der Waals surface area contributed by atoms with Crippen LogP contribution in [-0.2, 0) is 0 Å². The zero-order chi connectivity index (χ0) is 29.2. The second-order valence-electron chi connectivity index (χ2n) is 11.0. The molecule has 9 rings (SSSR count). The highest BCUT2D eigenvalue weighted by Gasteiger charge is 2.22. The molecule has 0 saturated carbocycles. The number of furan rings is 1. The number of benzene rings is 7. The van der Waals surface area contributed by atoms with E-state index in [0.717, 1.165) is 65.6 Å². The van der Waals surface area contributed by atoms with Gasteiger partial charge in [0.1, 0.15) is 11.2 Å². The van der Waals surface area contributed by atoms with E-state index in [2.05, 4.69) is 72.8 Å². The van der Waals surface area contributed by atoms with E-state index in [-0.39, 0.29) is 0 Å². The summed E-state index contributed by atoms with van der Waals surface area (Å²) in [6.45, 7) is 0. The van der Waals surface area contributed by atoms with Gasteiger partial charge in [-0.2, -0.15) is 0 Å². The van der Waals surface area contributed by atoms with Crippen LogP contribution in [0.3, 0.4) is 0 Å². The Morgan fingerprint density at radius 3 is 1.91 bits per heavy atom. The first-order valence-corrected chi connectivity index (χ1v) is 14.9. The summed E-state index contributed by atoms with van der Waals surface area (Å²) in [5, 5.41) is 9.14. The number of hydrogen-bond donors (Lipinski definition) is 0. The lowest BCUT2D eigenvalue weighted by molar-refractivity contribution is 0.669. The molecule has 7 aromatic carbocycles. The SMILES string of the molecule is Clc1ccc2oc3cc4ccccc4c(-c4nc(-c5ccccc5)nc(-c5cc6ccccc6c6ccccc56)n4)c3c2c1. The molecule has 0 spiro atoms. The number of nitrogens with zero attached hydrogens (tertiary/aromatic N) is 3. The number of fused-ring (bicyclic) bond motifs is 7. The molecule has 0 fully saturated rings. The fourth-order valence-electron chi connectivity index (χ4n) is 6.37. The third kappa shape index (κ3) is 3.89. The fourth-order valence-corrected chi connectivity index (χ4v) is 6.54. The highest BCUT2D eigenvalue weighted by atomic mass is 35.5. The molecule has 0 bridgehead atoms. The predicted molar refractivity (Wildman–Crippen MR) is 181 cm³/mol. The Bertz CT molecular complexity index is 2570. The summed E-state index contributed by atoms with van der Waals surface area (Å²) in [5.74, 6) is 1.80. The van der Waals surface area contributed by atoms with Crippen molar-refractivity contribution < 1.29 is 4.42 Å². The minimum absolute atomic E-state index is 0.579. The minimum atomic E-state index is 0.579. The van der Waals surface area contributed by atoms with Gasteiger partial charge >= 0.3 is 0 Å². The van der Waals surface area contributed by atoms with Crippen LogP contribution in [0.2, 0.25) is 5.02 Å². The standard InChI is InChI=1S/C39H22ClN3O/c40-26-18-19-33-32(22-26)35-34(44-33)21-25-13-5-7-15-28(25)36(35)39-42-37(23-10-2-1-3-11-23)41-38(43-39)31-20-24-12-4-6-14-27(24)29-16-8-9-17-30(29)31/h1-22H. The Balaban J connectivity index is 1.44. The zero-order valence-corrected chi connectivity index (χ0v) is 24.1. The molecule has 0 aliphatic carbocycles. The number of hydrogen-bond acceptors (Lipinski definition) is 4. The molecule has 0 aliphatic rings. The first-order valence-electron chi connectivity index (χ1n) is 14.5. The Hall–Kier alpha value is -5.58. The van der Waals surface area contributed by atoms with Crippen LogP contribution < -0.4 is 0 Å². The average Bonchev–Trinajstić information content (AvgIpc) is 3.44. The van der Waals surface area contributed by atoms with Crippen LogP contribution in [0, 0.1) is 0 Å². The van der Waals surface area contributed by atoms with E-state index in [1.807, 2.05) is 60.7 Å². The third-order valence-corrected chi connectivity index (χ3v) is 8.58. The molecule has 9 aromatic rings. The van der Waals surface area contributed by atoms with E-state index < -0.39 is 0 Å². The second-order valence-corrected chi connectivity index (χ2v) is 11.4. The van der Waals surface area contributed by atoms with E-state index in [9.17, 15) is 0 Å². The van der Waals surface area contributed by atoms with Gasteiger partial charge in [0.15, 0.2) is 17.5 Å². The minimum Gasteiger partial charge on any atom is -0.456 e. The maximum atomic E-state index is 6.52. The topological polar surface area (TPSA) is 51.8 Å². The molecule has 0 amide bonds. The molecule has 0 radical (unpaired) electrons. The van der Waals surface area contributed by atoms with Crippen molar-refractivity contribution in [3.05, 3.63) is 138 Å². The van der Waals surface area contributed by atoms with Crippen LogP contribution in [0.4, 0.5) is 0 Å². The molecule has 206 valence electrons. The predicted octanol–water partition coefficient (Wildman–Crippen LogP) is 10.9. The maximum absolute atomic E-state index is 6.52. The molecule has 0 saturated heterocycles. The number of aromatic nitrogens is 3. The van der Waals surface area contributed by atoms with Crippen LogP contribution in [0.25, 0.3) is 88.4 Å². The average molecular weight is 584 g/mol. The smallest absolute Gasteiger partial charge is 0.165 e. The van der Waals surface area contributed by atoms with Gasteiger partial charge in [-0.15, -0.1) is 0 Å². The molecule has 2 aromatic heterocycles. The van der Waals surface area contributed by atoms with Crippen LogP contribution in [0.1, 0.15) is 0 Å². The van der Waals surface area contributed by atoms with Gasteiger partial charge in [-0.3, -0.25) is 0 Å². The Morgan fingerprint density at radius 1 is 0.455 bits per heavy atom. The Labute approximate surface area is 257 Å². The summed E-state index contributed by atoms with van der Waals surface area (Å²) in [4.78, 5) is 15.5. The van der Waals surface area contributed by atoms with Gasteiger partial charge < -0.3 is 4.42 Å². The normalized spacial score (nSPS) is 11.8. The van der Waals surface area contributed by atoms with Crippen molar-refractivity contribution in [1.29, 1.82) is 0 Å².